The van der Waals surface area contributed by atoms with E-state index in [2.05, 4.69) is 16.3 Å². The molecule has 0 saturated carbocycles. The van der Waals surface area contributed by atoms with Gasteiger partial charge in [0.15, 0.2) is 0 Å². The molecule has 2 N–H and O–H groups in total. The Bertz CT molecular complexity index is 880. The Kier molecular flexibility index (Phi) is 5.83. The highest BCUT2D eigenvalue weighted by atomic mass is 19.1. The van der Waals surface area contributed by atoms with Crippen LogP contribution in [0.25, 0.3) is 0 Å². The first-order valence-electron chi connectivity index (χ1n) is 10.4. The van der Waals surface area contributed by atoms with Crippen molar-refractivity contribution in [1.82, 2.24) is 5.32 Å². The van der Waals surface area contributed by atoms with Crippen molar-refractivity contribution in [3.8, 4) is 0 Å². The van der Waals surface area contributed by atoms with Crippen LogP contribution in [0.3, 0.4) is 0 Å². The number of aliphatic hydroxyl groups excluding tert-OH is 1. The second kappa shape index (κ2) is 8.51. The van der Waals surface area contributed by atoms with Crippen molar-refractivity contribution in [1.29, 1.82) is 0 Å². The number of para-hydroxylation sites is 1. The van der Waals surface area contributed by atoms with Crippen molar-refractivity contribution in [3.05, 3.63) is 59.4 Å². The number of nitrogens with one attached hydrogen (secondary N) is 1. The van der Waals surface area contributed by atoms with E-state index in [1.165, 1.54) is 11.6 Å². The number of hydrogen-bond donors (Lipinski definition) is 2. The maximum atomic E-state index is 14.0. The number of rotatable bonds is 5. The van der Waals surface area contributed by atoms with Crippen LogP contribution in [-0.2, 0) is 11.2 Å². The molecule has 0 spiro atoms. The van der Waals surface area contributed by atoms with E-state index in [1.807, 2.05) is 30.0 Å². The van der Waals surface area contributed by atoms with E-state index < -0.39 is 0 Å². The molecule has 1 unspecified atom stereocenters. The summed E-state index contributed by atoms with van der Waals surface area (Å²) in [5.41, 5.74) is 4.01. The Morgan fingerprint density at radius 3 is 2.72 bits per heavy atom. The minimum absolute atomic E-state index is 0.0286. The summed E-state index contributed by atoms with van der Waals surface area (Å²) in [6.07, 6.45) is 2.05. The SMILES string of the molecule is CC(NCC(=O)N1CCc2ccccc21)c1cc(F)ccc1N1CCC(O)CC1. The van der Waals surface area contributed by atoms with Gasteiger partial charge < -0.3 is 20.2 Å². The van der Waals surface area contributed by atoms with E-state index in [0.29, 0.717) is 19.4 Å². The van der Waals surface area contributed by atoms with Crippen molar-refractivity contribution in [2.45, 2.75) is 38.3 Å². The number of carbonyl (C=O) groups is 1. The first kappa shape index (κ1) is 19.9. The lowest BCUT2D eigenvalue weighted by Crippen LogP contribution is -2.39. The fraction of sp³-hybridized carbons (Fsp3) is 0.435. The van der Waals surface area contributed by atoms with E-state index in [0.717, 1.165) is 36.4 Å². The zero-order valence-corrected chi connectivity index (χ0v) is 16.8. The molecule has 4 rings (SSSR count). The van der Waals surface area contributed by atoms with E-state index in [4.69, 9.17) is 0 Å². The fourth-order valence-corrected chi connectivity index (χ4v) is 4.31. The standard InChI is InChI=1S/C23H28FN3O2/c1-16(25-15-23(29)27-13-8-17-4-2-3-5-21(17)27)20-14-18(24)6-7-22(20)26-11-9-19(28)10-12-26/h2-7,14,16,19,25,28H,8-13,15H2,1H3. The van der Waals surface area contributed by atoms with Gasteiger partial charge >= 0.3 is 0 Å². The first-order chi connectivity index (χ1) is 14.0. The summed E-state index contributed by atoms with van der Waals surface area (Å²) >= 11 is 0. The van der Waals surface area contributed by atoms with Crippen LogP contribution in [0, 0.1) is 5.82 Å². The quantitative estimate of drug-likeness (QED) is 0.814. The van der Waals surface area contributed by atoms with Crippen LogP contribution in [-0.4, -0.2) is 43.3 Å². The molecule has 0 radical (unpaired) electrons. The van der Waals surface area contributed by atoms with E-state index >= 15 is 0 Å². The molecule has 0 aromatic heterocycles. The molecule has 1 amide bonds. The minimum atomic E-state index is -0.283. The highest BCUT2D eigenvalue weighted by Gasteiger charge is 2.25. The summed E-state index contributed by atoms with van der Waals surface area (Å²) in [4.78, 5) is 16.8. The molecular formula is C23H28FN3O2. The third-order valence-electron chi connectivity index (χ3n) is 6.01. The number of hydrogen-bond acceptors (Lipinski definition) is 4. The summed E-state index contributed by atoms with van der Waals surface area (Å²) in [6.45, 7) is 4.36. The average molecular weight is 397 g/mol. The molecule has 0 aliphatic carbocycles. The summed E-state index contributed by atoms with van der Waals surface area (Å²) < 4.78 is 14.0. The van der Waals surface area contributed by atoms with Crippen molar-refractivity contribution >= 4 is 17.3 Å². The lowest BCUT2D eigenvalue weighted by molar-refractivity contribution is -0.117. The van der Waals surface area contributed by atoms with Gasteiger partial charge in [0, 0.05) is 37.1 Å². The van der Waals surface area contributed by atoms with Gasteiger partial charge in [-0.15, -0.1) is 0 Å². The van der Waals surface area contributed by atoms with Crippen LogP contribution in [0.4, 0.5) is 15.8 Å². The maximum Gasteiger partial charge on any atom is 0.240 e. The van der Waals surface area contributed by atoms with Crippen LogP contribution in [0.1, 0.15) is 36.9 Å². The predicted molar refractivity (Wildman–Crippen MR) is 113 cm³/mol. The first-order valence-corrected chi connectivity index (χ1v) is 10.4. The molecule has 2 aliphatic heterocycles. The maximum absolute atomic E-state index is 14.0. The smallest absolute Gasteiger partial charge is 0.240 e. The van der Waals surface area contributed by atoms with Crippen LogP contribution in [0.15, 0.2) is 42.5 Å². The number of nitrogens with zero attached hydrogens (tertiary/aromatic N) is 2. The predicted octanol–water partition coefficient (Wildman–Crippen LogP) is 3.03. The van der Waals surface area contributed by atoms with E-state index in [1.54, 1.807) is 12.1 Å². The zero-order valence-electron chi connectivity index (χ0n) is 16.8. The number of fused-ring (bicyclic) bond motifs is 1. The number of benzene rings is 2. The number of anilines is 2. The van der Waals surface area contributed by atoms with Crippen molar-refractivity contribution in [2.75, 3.05) is 36.0 Å². The second-order valence-electron chi connectivity index (χ2n) is 7.95. The monoisotopic (exact) mass is 397 g/mol. The third-order valence-corrected chi connectivity index (χ3v) is 6.01. The third kappa shape index (κ3) is 4.28. The largest absolute Gasteiger partial charge is 0.393 e. The molecule has 2 aromatic carbocycles. The molecule has 1 saturated heterocycles. The normalized spacial score (nSPS) is 18.0. The average Bonchev–Trinajstić information content (AvgIpc) is 3.17. The highest BCUT2D eigenvalue weighted by Crippen LogP contribution is 2.30. The van der Waals surface area contributed by atoms with E-state index in [-0.39, 0.29) is 30.4 Å². The van der Waals surface area contributed by atoms with Gasteiger partial charge in [-0.05, 0) is 61.6 Å². The molecule has 1 fully saturated rings. The van der Waals surface area contributed by atoms with Crippen molar-refractivity contribution in [2.24, 2.45) is 0 Å². The Morgan fingerprint density at radius 1 is 1.17 bits per heavy atom. The van der Waals surface area contributed by atoms with Gasteiger partial charge in [-0.3, -0.25) is 4.79 Å². The number of amides is 1. The highest BCUT2D eigenvalue weighted by molar-refractivity contribution is 5.96. The number of carbonyl (C=O) groups excluding carboxylic acids is 1. The van der Waals surface area contributed by atoms with Gasteiger partial charge in [0.1, 0.15) is 5.82 Å². The fourth-order valence-electron chi connectivity index (χ4n) is 4.31. The molecule has 2 heterocycles. The molecule has 1 atom stereocenters. The summed E-state index contributed by atoms with van der Waals surface area (Å²) in [5.74, 6) is -0.255. The lowest BCUT2D eigenvalue weighted by atomic mass is 10.0. The van der Waals surface area contributed by atoms with Crippen LogP contribution in [0.5, 0.6) is 0 Å². The molecule has 29 heavy (non-hydrogen) atoms. The lowest BCUT2D eigenvalue weighted by Gasteiger charge is -2.34. The van der Waals surface area contributed by atoms with Gasteiger partial charge in [-0.2, -0.15) is 0 Å². The molecular weight excluding hydrogens is 369 g/mol. The van der Waals surface area contributed by atoms with Gasteiger partial charge in [0.25, 0.3) is 0 Å². The topological polar surface area (TPSA) is 55.8 Å². The molecule has 154 valence electrons. The van der Waals surface area contributed by atoms with Gasteiger partial charge in [0.05, 0.1) is 12.6 Å². The zero-order chi connectivity index (χ0) is 20.4. The summed E-state index contributed by atoms with van der Waals surface area (Å²) in [7, 11) is 0. The minimum Gasteiger partial charge on any atom is -0.393 e. The van der Waals surface area contributed by atoms with Crippen LogP contribution in [0.2, 0.25) is 0 Å². The molecule has 6 heteroatoms. The van der Waals surface area contributed by atoms with Crippen molar-refractivity contribution < 1.29 is 14.3 Å². The number of aliphatic hydroxyl groups is 1. The summed E-state index contributed by atoms with van der Waals surface area (Å²) in [6, 6.07) is 12.7. The Balaban J connectivity index is 1.44. The van der Waals surface area contributed by atoms with Gasteiger partial charge in [-0.25, -0.2) is 4.39 Å². The van der Waals surface area contributed by atoms with Gasteiger partial charge in [0.2, 0.25) is 5.91 Å². The van der Waals surface area contributed by atoms with Gasteiger partial charge in [-0.1, -0.05) is 18.2 Å². The molecule has 5 nitrogen and oxygen atoms in total. The number of halogens is 1. The van der Waals surface area contributed by atoms with E-state index in [9.17, 15) is 14.3 Å². The molecule has 0 bridgehead atoms. The number of piperidine rings is 1. The van der Waals surface area contributed by atoms with Crippen LogP contribution >= 0.6 is 0 Å². The summed E-state index contributed by atoms with van der Waals surface area (Å²) in [5, 5.41) is 13.1. The van der Waals surface area contributed by atoms with Crippen LogP contribution < -0.4 is 15.1 Å². The van der Waals surface area contributed by atoms with Crippen molar-refractivity contribution in [3.63, 3.8) is 0 Å². The Morgan fingerprint density at radius 2 is 1.93 bits per heavy atom. The molecule has 2 aliphatic rings. The Labute approximate surface area is 171 Å². The second-order valence-corrected chi connectivity index (χ2v) is 7.95. The molecule has 2 aromatic rings. The Hall–Kier alpha value is -2.44.